The van der Waals surface area contributed by atoms with Crippen molar-refractivity contribution in [3.05, 3.63) is 11.8 Å². The topological polar surface area (TPSA) is 128 Å². The van der Waals surface area contributed by atoms with Gasteiger partial charge in [0.15, 0.2) is 9.84 Å². The molecule has 1 saturated heterocycles. The van der Waals surface area contributed by atoms with Crippen LogP contribution in [0.1, 0.15) is 26.7 Å². The van der Waals surface area contributed by atoms with Gasteiger partial charge in [0.25, 0.3) is 5.91 Å². The maximum Gasteiger partial charge on any atom is 0.326 e. The van der Waals surface area contributed by atoms with Gasteiger partial charge in [-0.2, -0.15) is 5.26 Å². The van der Waals surface area contributed by atoms with Gasteiger partial charge < -0.3 is 15.3 Å². The van der Waals surface area contributed by atoms with E-state index in [0.717, 1.165) is 0 Å². The molecule has 9 heteroatoms. The smallest absolute Gasteiger partial charge is 0.326 e. The lowest BCUT2D eigenvalue weighted by molar-refractivity contribution is -0.141. The molecule has 134 valence electrons. The number of carboxylic acids is 1. The number of nitrogens with one attached hydrogen (secondary N) is 1. The van der Waals surface area contributed by atoms with Crippen LogP contribution in [0.2, 0.25) is 0 Å². The summed E-state index contributed by atoms with van der Waals surface area (Å²) in [5.41, 5.74) is -0.253. The van der Waals surface area contributed by atoms with Crippen molar-refractivity contribution < 1.29 is 23.1 Å². The minimum absolute atomic E-state index is 0.0224. The van der Waals surface area contributed by atoms with E-state index in [4.69, 9.17) is 10.4 Å². The number of hydrogen-bond donors (Lipinski definition) is 2. The Labute approximate surface area is 142 Å². The maximum atomic E-state index is 12.1. The third-order valence-corrected chi connectivity index (χ3v) is 5.54. The number of carbonyl (C=O) groups is 2. The first-order valence-corrected chi connectivity index (χ1v) is 9.45. The fraction of sp³-hybridized carbons (Fsp3) is 0.667. The molecular formula is C15H23N3O5S. The highest BCUT2D eigenvalue weighted by molar-refractivity contribution is 7.91. The summed E-state index contributed by atoms with van der Waals surface area (Å²) in [6.07, 6.45) is 1.95. The predicted molar refractivity (Wildman–Crippen MR) is 87.5 cm³/mol. The molecule has 2 unspecified atom stereocenters. The molecule has 1 heterocycles. The average Bonchev–Trinajstić information content (AvgIpc) is 2.83. The molecular weight excluding hydrogens is 334 g/mol. The van der Waals surface area contributed by atoms with E-state index in [2.05, 4.69) is 5.32 Å². The van der Waals surface area contributed by atoms with E-state index in [-0.39, 0.29) is 35.5 Å². The number of carbonyl (C=O) groups excluding carboxylic acids is 1. The number of hydrogen-bond acceptors (Lipinski definition) is 6. The number of nitrogens with zero attached hydrogens (tertiary/aromatic N) is 2. The fourth-order valence-electron chi connectivity index (χ4n) is 2.47. The molecule has 2 atom stereocenters. The zero-order valence-corrected chi connectivity index (χ0v) is 14.8. The summed E-state index contributed by atoms with van der Waals surface area (Å²) in [5, 5.41) is 20.6. The van der Waals surface area contributed by atoms with Crippen LogP contribution in [0.15, 0.2) is 11.8 Å². The van der Waals surface area contributed by atoms with Crippen LogP contribution in [0.5, 0.6) is 0 Å². The van der Waals surface area contributed by atoms with Crippen LogP contribution in [-0.2, 0) is 19.4 Å². The van der Waals surface area contributed by atoms with Crippen molar-refractivity contribution in [2.45, 2.75) is 38.8 Å². The van der Waals surface area contributed by atoms with Crippen molar-refractivity contribution in [3.8, 4) is 6.07 Å². The van der Waals surface area contributed by atoms with Crippen molar-refractivity contribution in [1.82, 2.24) is 10.2 Å². The van der Waals surface area contributed by atoms with Crippen LogP contribution in [0.3, 0.4) is 0 Å². The molecule has 24 heavy (non-hydrogen) atoms. The Balaban J connectivity index is 2.82. The zero-order valence-electron chi connectivity index (χ0n) is 14.0. The molecule has 0 radical (unpaired) electrons. The Bertz CT molecular complexity index is 663. The number of carboxylic acid groups (broad SMARTS) is 1. The highest BCUT2D eigenvalue weighted by atomic mass is 32.2. The SMILES string of the molecule is CC(C)CC(NC(=O)/C(C#N)=C\N(C)C1CCS(=O)(=O)C1)C(=O)O. The van der Waals surface area contributed by atoms with E-state index in [9.17, 15) is 18.0 Å². The van der Waals surface area contributed by atoms with E-state index in [1.807, 2.05) is 13.8 Å². The van der Waals surface area contributed by atoms with E-state index < -0.39 is 27.8 Å². The Kier molecular flexibility index (Phi) is 6.78. The monoisotopic (exact) mass is 357 g/mol. The van der Waals surface area contributed by atoms with Gasteiger partial charge in [-0.15, -0.1) is 0 Å². The van der Waals surface area contributed by atoms with Crippen molar-refractivity contribution in [2.75, 3.05) is 18.6 Å². The second-order valence-corrected chi connectivity index (χ2v) is 8.60. The molecule has 0 spiro atoms. The van der Waals surface area contributed by atoms with E-state index in [0.29, 0.717) is 6.42 Å². The van der Waals surface area contributed by atoms with Gasteiger partial charge in [-0.25, -0.2) is 13.2 Å². The molecule has 0 aromatic carbocycles. The molecule has 1 aliphatic heterocycles. The molecule has 1 rings (SSSR count). The van der Waals surface area contributed by atoms with Gasteiger partial charge in [0, 0.05) is 19.3 Å². The minimum Gasteiger partial charge on any atom is -0.480 e. The Hall–Kier alpha value is -2.08. The predicted octanol–water partition coefficient (Wildman–Crippen LogP) is 0.128. The molecule has 0 aliphatic carbocycles. The number of rotatable bonds is 7. The molecule has 0 bridgehead atoms. The lowest BCUT2D eigenvalue weighted by atomic mass is 10.0. The van der Waals surface area contributed by atoms with Crippen molar-refractivity contribution >= 4 is 21.7 Å². The fourth-order valence-corrected chi connectivity index (χ4v) is 4.26. The quantitative estimate of drug-likeness (QED) is 0.489. The summed E-state index contributed by atoms with van der Waals surface area (Å²) in [6.45, 7) is 3.66. The van der Waals surface area contributed by atoms with E-state index in [1.165, 1.54) is 11.1 Å². The van der Waals surface area contributed by atoms with Crippen LogP contribution >= 0.6 is 0 Å². The third kappa shape index (κ3) is 5.85. The molecule has 0 aromatic heterocycles. The van der Waals surface area contributed by atoms with Crippen LogP contribution in [0, 0.1) is 17.2 Å². The normalized spacial score (nSPS) is 21.1. The van der Waals surface area contributed by atoms with Crippen LogP contribution in [0.4, 0.5) is 0 Å². The second-order valence-electron chi connectivity index (χ2n) is 6.37. The molecule has 0 saturated carbocycles. The average molecular weight is 357 g/mol. The number of sulfone groups is 1. The van der Waals surface area contributed by atoms with Crippen molar-refractivity contribution in [3.63, 3.8) is 0 Å². The van der Waals surface area contributed by atoms with Crippen molar-refractivity contribution in [2.24, 2.45) is 5.92 Å². The van der Waals surface area contributed by atoms with Crippen LogP contribution < -0.4 is 5.32 Å². The van der Waals surface area contributed by atoms with Gasteiger partial charge in [0.1, 0.15) is 17.7 Å². The highest BCUT2D eigenvalue weighted by Gasteiger charge is 2.30. The van der Waals surface area contributed by atoms with Crippen LogP contribution in [-0.4, -0.2) is 60.9 Å². The number of amides is 1. The minimum atomic E-state index is -3.08. The van der Waals surface area contributed by atoms with Gasteiger partial charge in [-0.3, -0.25) is 4.79 Å². The maximum absolute atomic E-state index is 12.1. The lowest BCUT2D eigenvalue weighted by Gasteiger charge is -2.22. The first-order chi connectivity index (χ1) is 11.1. The van der Waals surface area contributed by atoms with Gasteiger partial charge in [0.05, 0.1) is 11.5 Å². The summed E-state index contributed by atoms with van der Waals surface area (Å²) < 4.78 is 23.0. The van der Waals surface area contributed by atoms with E-state index >= 15 is 0 Å². The summed E-state index contributed by atoms with van der Waals surface area (Å²) in [6, 6.07) is 0.368. The van der Waals surface area contributed by atoms with Gasteiger partial charge in [0.2, 0.25) is 0 Å². The summed E-state index contributed by atoms with van der Waals surface area (Å²) in [5.74, 6) is -1.82. The van der Waals surface area contributed by atoms with Gasteiger partial charge in [-0.05, 0) is 18.8 Å². The van der Waals surface area contributed by atoms with Gasteiger partial charge >= 0.3 is 5.97 Å². The van der Waals surface area contributed by atoms with E-state index in [1.54, 1.807) is 13.1 Å². The molecule has 0 aromatic rings. The van der Waals surface area contributed by atoms with Crippen molar-refractivity contribution in [1.29, 1.82) is 5.26 Å². The van der Waals surface area contributed by atoms with Gasteiger partial charge in [-0.1, -0.05) is 13.8 Å². The molecule has 8 nitrogen and oxygen atoms in total. The Morgan fingerprint density at radius 1 is 1.46 bits per heavy atom. The zero-order chi connectivity index (χ0) is 18.5. The largest absolute Gasteiger partial charge is 0.480 e. The first kappa shape index (κ1) is 20.0. The Morgan fingerprint density at radius 3 is 2.50 bits per heavy atom. The number of nitriles is 1. The Morgan fingerprint density at radius 2 is 2.08 bits per heavy atom. The summed E-state index contributed by atoms with van der Waals surface area (Å²) in [7, 11) is -1.48. The number of aliphatic carboxylic acids is 1. The molecule has 1 amide bonds. The molecule has 2 N–H and O–H groups in total. The first-order valence-electron chi connectivity index (χ1n) is 7.63. The van der Waals surface area contributed by atoms with Crippen LogP contribution in [0.25, 0.3) is 0 Å². The molecule has 1 aliphatic rings. The lowest BCUT2D eigenvalue weighted by Crippen LogP contribution is -2.42. The standard InChI is InChI=1S/C15H23N3O5S/c1-10(2)6-13(15(20)21)17-14(19)11(7-16)8-18(3)12-4-5-24(22,23)9-12/h8,10,12-13H,4-6,9H2,1-3H3,(H,17,19)(H,20,21)/b11-8-. The summed E-state index contributed by atoms with van der Waals surface area (Å²) in [4.78, 5) is 24.9. The summed E-state index contributed by atoms with van der Waals surface area (Å²) >= 11 is 0. The third-order valence-electron chi connectivity index (χ3n) is 3.79. The highest BCUT2D eigenvalue weighted by Crippen LogP contribution is 2.17. The molecule has 1 fully saturated rings. The second kappa shape index (κ2) is 8.15.